The molecule has 0 atom stereocenters. The van der Waals surface area contributed by atoms with E-state index in [-0.39, 0.29) is 0 Å². The normalized spacial score (nSPS) is 13.7. The molecule has 0 heterocycles. The summed E-state index contributed by atoms with van der Waals surface area (Å²) in [5.74, 6) is 0. The quantitative estimate of drug-likeness (QED) is 0.649. The second kappa shape index (κ2) is 8.69. The summed E-state index contributed by atoms with van der Waals surface area (Å²) in [5.41, 5.74) is 2.98. The van der Waals surface area contributed by atoms with Crippen LogP contribution in [0.3, 0.4) is 0 Å². The van der Waals surface area contributed by atoms with Gasteiger partial charge in [0, 0.05) is 13.1 Å². The zero-order chi connectivity index (χ0) is 11.7. The van der Waals surface area contributed by atoms with Gasteiger partial charge in [-0.15, -0.1) is 0 Å². The van der Waals surface area contributed by atoms with Crippen LogP contribution >= 0.6 is 0 Å². The Morgan fingerprint density at radius 1 is 1.20 bits per heavy atom. The molecule has 0 rings (SSSR count). The Labute approximate surface area is 95.0 Å². The van der Waals surface area contributed by atoms with E-state index in [1.54, 1.807) is 0 Å². The van der Waals surface area contributed by atoms with Crippen molar-refractivity contribution in [2.45, 2.75) is 27.2 Å². The van der Waals surface area contributed by atoms with Crippen LogP contribution in [-0.2, 0) is 0 Å². The van der Waals surface area contributed by atoms with E-state index in [1.165, 1.54) is 11.1 Å². The second-order valence-electron chi connectivity index (χ2n) is 4.12. The number of rotatable bonds is 7. The molecule has 2 nitrogen and oxygen atoms in total. The molecule has 0 aliphatic heterocycles. The molecule has 88 valence electrons. The van der Waals surface area contributed by atoms with E-state index in [0.29, 0.717) is 0 Å². The summed E-state index contributed by atoms with van der Waals surface area (Å²) in [5, 5.41) is 3.10. The van der Waals surface area contributed by atoms with Crippen molar-refractivity contribution >= 4 is 0 Å². The molecule has 0 fully saturated rings. The largest absolute Gasteiger partial charge is 0.316 e. The van der Waals surface area contributed by atoms with Crippen LogP contribution in [0.25, 0.3) is 0 Å². The number of allylic oxidation sites excluding steroid dienone is 2. The van der Waals surface area contributed by atoms with Crippen LogP contribution in [-0.4, -0.2) is 38.6 Å². The number of hydrogen-bond donors (Lipinski definition) is 1. The molecule has 1 N–H and O–H groups in total. The number of nitrogens with one attached hydrogen (secondary N) is 1. The van der Waals surface area contributed by atoms with Gasteiger partial charge in [-0.1, -0.05) is 30.2 Å². The van der Waals surface area contributed by atoms with Crippen molar-refractivity contribution in [1.82, 2.24) is 10.2 Å². The Balaban J connectivity index is 4.02. The minimum atomic E-state index is 0.960. The highest BCUT2D eigenvalue weighted by atomic mass is 15.1. The first kappa shape index (κ1) is 14.4. The summed E-state index contributed by atoms with van der Waals surface area (Å²) in [6.07, 6.45) is 5.49. The SMILES string of the molecule is CCN(C)C/C(C)=C(\C)C/C=C\CNC. The fraction of sp³-hybridized carbons (Fsp3) is 0.692. The average Bonchev–Trinajstić information content (AvgIpc) is 2.23. The van der Waals surface area contributed by atoms with E-state index in [1.807, 2.05) is 7.05 Å². The maximum absolute atomic E-state index is 3.10. The van der Waals surface area contributed by atoms with E-state index in [4.69, 9.17) is 0 Å². The average molecular weight is 210 g/mol. The highest BCUT2D eigenvalue weighted by molar-refractivity contribution is 5.14. The third-order valence-corrected chi connectivity index (χ3v) is 2.69. The predicted molar refractivity (Wildman–Crippen MR) is 69.2 cm³/mol. The predicted octanol–water partition coefficient (Wildman–Crippen LogP) is 2.44. The Hall–Kier alpha value is -0.600. The van der Waals surface area contributed by atoms with E-state index < -0.39 is 0 Å². The molecule has 0 aliphatic carbocycles. The molecule has 0 unspecified atom stereocenters. The maximum Gasteiger partial charge on any atom is 0.0189 e. The van der Waals surface area contributed by atoms with Crippen LogP contribution in [0, 0.1) is 0 Å². The summed E-state index contributed by atoms with van der Waals surface area (Å²) in [6.45, 7) is 9.80. The fourth-order valence-electron chi connectivity index (χ4n) is 1.29. The van der Waals surface area contributed by atoms with Gasteiger partial charge in [-0.3, -0.25) is 0 Å². The van der Waals surface area contributed by atoms with Crippen LogP contribution in [0.4, 0.5) is 0 Å². The summed E-state index contributed by atoms with van der Waals surface area (Å²) in [7, 11) is 4.13. The van der Waals surface area contributed by atoms with Crippen molar-refractivity contribution in [3.05, 3.63) is 23.3 Å². The van der Waals surface area contributed by atoms with Crippen LogP contribution in [0.2, 0.25) is 0 Å². The molecule has 2 heteroatoms. The molecule has 0 aliphatic rings. The van der Waals surface area contributed by atoms with Crippen molar-refractivity contribution in [1.29, 1.82) is 0 Å². The molecule has 0 radical (unpaired) electrons. The van der Waals surface area contributed by atoms with Gasteiger partial charge in [0.1, 0.15) is 0 Å². The Bertz CT molecular complexity index is 217. The van der Waals surface area contributed by atoms with E-state index in [0.717, 1.165) is 26.1 Å². The molecule has 0 saturated carbocycles. The van der Waals surface area contributed by atoms with E-state index in [9.17, 15) is 0 Å². The van der Waals surface area contributed by atoms with Gasteiger partial charge < -0.3 is 10.2 Å². The Kier molecular flexibility index (Phi) is 8.34. The lowest BCUT2D eigenvalue weighted by molar-refractivity contribution is 0.382. The lowest BCUT2D eigenvalue weighted by Crippen LogP contribution is -2.20. The van der Waals surface area contributed by atoms with Crippen LogP contribution in [0.15, 0.2) is 23.3 Å². The first-order valence-corrected chi connectivity index (χ1v) is 5.75. The molecule has 0 spiro atoms. The monoisotopic (exact) mass is 210 g/mol. The van der Waals surface area contributed by atoms with Crippen LogP contribution in [0.1, 0.15) is 27.2 Å². The number of nitrogens with zero attached hydrogens (tertiary/aromatic N) is 1. The first-order chi connectivity index (χ1) is 7.11. The zero-order valence-electron chi connectivity index (χ0n) is 10.9. The molecule has 0 amide bonds. The van der Waals surface area contributed by atoms with Gasteiger partial charge in [0.25, 0.3) is 0 Å². The van der Waals surface area contributed by atoms with E-state index in [2.05, 4.69) is 50.2 Å². The Morgan fingerprint density at radius 3 is 2.40 bits per heavy atom. The van der Waals surface area contributed by atoms with Crippen molar-refractivity contribution in [2.75, 3.05) is 33.7 Å². The molecular weight excluding hydrogens is 184 g/mol. The fourth-order valence-corrected chi connectivity index (χ4v) is 1.29. The van der Waals surface area contributed by atoms with Gasteiger partial charge in [0.2, 0.25) is 0 Å². The minimum Gasteiger partial charge on any atom is -0.316 e. The van der Waals surface area contributed by atoms with Crippen molar-refractivity contribution in [3.8, 4) is 0 Å². The minimum absolute atomic E-state index is 0.960. The molecule has 0 aromatic rings. The van der Waals surface area contributed by atoms with Gasteiger partial charge in [-0.25, -0.2) is 0 Å². The lowest BCUT2D eigenvalue weighted by atomic mass is 10.1. The van der Waals surface area contributed by atoms with Crippen molar-refractivity contribution in [3.63, 3.8) is 0 Å². The lowest BCUT2D eigenvalue weighted by Gasteiger charge is -2.15. The van der Waals surface area contributed by atoms with Crippen LogP contribution in [0.5, 0.6) is 0 Å². The standard InChI is InChI=1S/C13H26N2/c1-6-15(5)11-13(3)12(2)9-7-8-10-14-4/h7-8,14H,6,9-11H2,1-5H3/b8-7-,13-12+. The summed E-state index contributed by atoms with van der Waals surface area (Å²) in [6, 6.07) is 0. The summed E-state index contributed by atoms with van der Waals surface area (Å²) < 4.78 is 0. The highest BCUT2D eigenvalue weighted by Crippen LogP contribution is 2.09. The van der Waals surface area contributed by atoms with Gasteiger partial charge in [0.15, 0.2) is 0 Å². The third-order valence-electron chi connectivity index (χ3n) is 2.69. The molecule has 15 heavy (non-hydrogen) atoms. The molecule has 0 aromatic carbocycles. The zero-order valence-corrected chi connectivity index (χ0v) is 10.9. The van der Waals surface area contributed by atoms with Crippen molar-refractivity contribution in [2.24, 2.45) is 0 Å². The number of likely N-dealkylation sites (N-methyl/N-ethyl adjacent to an activating group) is 2. The van der Waals surface area contributed by atoms with Gasteiger partial charge >= 0.3 is 0 Å². The first-order valence-electron chi connectivity index (χ1n) is 5.75. The van der Waals surface area contributed by atoms with Crippen LogP contribution < -0.4 is 5.32 Å². The molecule has 0 bridgehead atoms. The third kappa shape index (κ3) is 7.34. The summed E-state index contributed by atoms with van der Waals surface area (Å²) in [4.78, 5) is 2.33. The van der Waals surface area contributed by atoms with E-state index >= 15 is 0 Å². The molecule has 0 aromatic heterocycles. The number of hydrogen-bond acceptors (Lipinski definition) is 2. The molecular formula is C13H26N2. The van der Waals surface area contributed by atoms with Crippen molar-refractivity contribution < 1.29 is 0 Å². The second-order valence-corrected chi connectivity index (χ2v) is 4.12. The Morgan fingerprint density at radius 2 is 1.87 bits per heavy atom. The van der Waals surface area contributed by atoms with Gasteiger partial charge in [0.05, 0.1) is 0 Å². The maximum atomic E-state index is 3.10. The highest BCUT2D eigenvalue weighted by Gasteiger charge is 1.99. The smallest absolute Gasteiger partial charge is 0.0189 e. The summed E-state index contributed by atoms with van der Waals surface area (Å²) >= 11 is 0. The molecule has 0 saturated heterocycles. The van der Waals surface area contributed by atoms with Gasteiger partial charge in [-0.2, -0.15) is 0 Å². The van der Waals surface area contributed by atoms with Gasteiger partial charge in [-0.05, 0) is 40.9 Å². The topological polar surface area (TPSA) is 15.3 Å².